The van der Waals surface area contributed by atoms with E-state index in [-0.39, 0.29) is 23.3 Å². The molecule has 1 aliphatic rings. The molecule has 8 heteroatoms. The molecule has 0 radical (unpaired) electrons. The Balaban J connectivity index is 1.87. The summed E-state index contributed by atoms with van der Waals surface area (Å²) in [6.07, 6.45) is 0.437. The number of nitrogens with two attached hydrogens (primary N) is 1. The molecule has 1 fully saturated rings. The van der Waals surface area contributed by atoms with E-state index in [1.807, 2.05) is 0 Å². The first-order valence-corrected chi connectivity index (χ1v) is 7.33. The van der Waals surface area contributed by atoms with Crippen LogP contribution in [0.2, 0.25) is 5.28 Å². The van der Waals surface area contributed by atoms with Crippen molar-refractivity contribution in [1.82, 2.24) is 9.97 Å². The minimum Gasteiger partial charge on any atom is -0.383 e. The maximum Gasteiger partial charge on any atom is 0.267 e. The zero-order chi connectivity index (χ0) is 16.6. The van der Waals surface area contributed by atoms with Gasteiger partial charge in [0.05, 0.1) is 6.54 Å². The van der Waals surface area contributed by atoms with Gasteiger partial charge in [0, 0.05) is 12.6 Å². The van der Waals surface area contributed by atoms with E-state index in [0.717, 1.165) is 0 Å². The Labute approximate surface area is 136 Å². The Hall–Kier alpha value is -2.25. The maximum atomic E-state index is 13.0. The number of aliphatic hydroxyl groups is 1. The van der Waals surface area contributed by atoms with Gasteiger partial charge in [0.1, 0.15) is 22.9 Å². The predicted molar refractivity (Wildman–Crippen MR) is 82.7 cm³/mol. The van der Waals surface area contributed by atoms with Gasteiger partial charge in [-0.05, 0) is 35.7 Å². The Morgan fingerprint density at radius 2 is 2.04 bits per heavy atom. The zero-order valence-electron chi connectivity index (χ0n) is 12.0. The lowest BCUT2D eigenvalue weighted by Crippen LogP contribution is -2.31. The number of hydrogen-bond donors (Lipinski definition) is 2. The van der Waals surface area contributed by atoms with Crippen molar-refractivity contribution in [3.8, 4) is 0 Å². The third-order valence-electron chi connectivity index (χ3n) is 3.89. The van der Waals surface area contributed by atoms with Gasteiger partial charge in [0.25, 0.3) is 5.91 Å². The van der Waals surface area contributed by atoms with Crippen molar-refractivity contribution < 1.29 is 14.3 Å². The average Bonchev–Trinajstić information content (AvgIpc) is 2.91. The molecule has 0 saturated carbocycles. The summed E-state index contributed by atoms with van der Waals surface area (Å²) in [6, 6.07) is 7.16. The summed E-state index contributed by atoms with van der Waals surface area (Å²) >= 11 is 5.82. The highest BCUT2D eigenvalue weighted by atomic mass is 35.5. The third kappa shape index (κ3) is 3.11. The summed E-state index contributed by atoms with van der Waals surface area (Å²) in [6.45, 7) is 0.740. The van der Waals surface area contributed by atoms with Crippen LogP contribution in [0.1, 0.15) is 22.5 Å². The minimum absolute atomic E-state index is 0.0113. The van der Waals surface area contributed by atoms with Crippen LogP contribution < -0.4 is 10.6 Å². The molecule has 0 bridgehead atoms. The van der Waals surface area contributed by atoms with Crippen LogP contribution in [0.25, 0.3) is 0 Å². The van der Waals surface area contributed by atoms with Gasteiger partial charge < -0.3 is 15.7 Å². The number of benzene rings is 1. The monoisotopic (exact) mass is 336 g/mol. The fourth-order valence-corrected chi connectivity index (χ4v) is 2.86. The zero-order valence-corrected chi connectivity index (χ0v) is 12.8. The van der Waals surface area contributed by atoms with Crippen molar-refractivity contribution in [2.45, 2.75) is 12.0 Å². The molecule has 6 nitrogen and oxygen atoms in total. The molecule has 23 heavy (non-hydrogen) atoms. The van der Waals surface area contributed by atoms with Crippen LogP contribution in [0.15, 0.2) is 30.3 Å². The molecular weight excluding hydrogens is 323 g/mol. The Kier molecular flexibility index (Phi) is 3.91. The van der Waals surface area contributed by atoms with E-state index in [4.69, 9.17) is 17.3 Å². The van der Waals surface area contributed by atoms with Crippen LogP contribution >= 0.6 is 11.6 Å². The molecule has 1 unspecified atom stereocenters. The van der Waals surface area contributed by atoms with Gasteiger partial charge in [-0.2, -0.15) is 0 Å². The summed E-state index contributed by atoms with van der Waals surface area (Å²) in [5.74, 6) is -0.652. The van der Waals surface area contributed by atoms with E-state index < -0.39 is 11.5 Å². The molecule has 3 rings (SSSR count). The lowest BCUT2D eigenvalue weighted by atomic mass is 9.93. The summed E-state index contributed by atoms with van der Waals surface area (Å²) in [4.78, 5) is 20.9. The molecule has 2 aromatic rings. The number of rotatable bonds is 3. The molecule has 2 heterocycles. The molecular formula is C15H14ClFN4O2. The Bertz CT molecular complexity index is 756. The highest BCUT2D eigenvalue weighted by Crippen LogP contribution is 2.34. The summed E-state index contributed by atoms with van der Waals surface area (Å²) in [5.41, 5.74) is 4.72. The number of primary amides is 1. The molecule has 1 aromatic heterocycles. The molecule has 1 atom stereocenters. The van der Waals surface area contributed by atoms with Crippen LogP contribution in [0.4, 0.5) is 10.2 Å². The second kappa shape index (κ2) is 5.75. The second-order valence-electron chi connectivity index (χ2n) is 5.45. The number of nitrogens with zero attached hydrogens (tertiary/aromatic N) is 3. The number of aromatic nitrogens is 2. The van der Waals surface area contributed by atoms with E-state index in [2.05, 4.69) is 9.97 Å². The summed E-state index contributed by atoms with van der Waals surface area (Å²) in [5, 5.41) is 10.7. The number of β-amino-alcohol motifs (C(OH)–C–C–N with tert-alkyl or cyclic N) is 1. The average molecular weight is 337 g/mol. The number of carbonyl (C=O) groups excluding carboxylic acids is 1. The van der Waals surface area contributed by atoms with Gasteiger partial charge >= 0.3 is 0 Å². The molecule has 120 valence electrons. The summed E-state index contributed by atoms with van der Waals surface area (Å²) in [7, 11) is 0. The molecule has 1 aliphatic heterocycles. The van der Waals surface area contributed by atoms with E-state index in [1.54, 1.807) is 17.0 Å². The van der Waals surface area contributed by atoms with Crippen molar-refractivity contribution in [3.05, 3.63) is 52.7 Å². The first-order valence-electron chi connectivity index (χ1n) is 6.95. The van der Waals surface area contributed by atoms with Crippen molar-refractivity contribution in [1.29, 1.82) is 0 Å². The predicted octanol–water partition coefficient (Wildman–Crippen LogP) is 1.47. The van der Waals surface area contributed by atoms with Crippen molar-refractivity contribution in [3.63, 3.8) is 0 Å². The van der Waals surface area contributed by atoms with Gasteiger partial charge in [-0.3, -0.25) is 4.79 Å². The molecule has 0 spiro atoms. The van der Waals surface area contributed by atoms with Gasteiger partial charge in [0.15, 0.2) is 0 Å². The normalized spacial score (nSPS) is 20.7. The van der Waals surface area contributed by atoms with Gasteiger partial charge in [-0.1, -0.05) is 12.1 Å². The third-order valence-corrected chi connectivity index (χ3v) is 4.06. The molecule has 1 aromatic carbocycles. The largest absolute Gasteiger partial charge is 0.383 e. The highest BCUT2D eigenvalue weighted by molar-refractivity contribution is 6.28. The van der Waals surface area contributed by atoms with E-state index in [1.165, 1.54) is 18.2 Å². The maximum absolute atomic E-state index is 13.0. The summed E-state index contributed by atoms with van der Waals surface area (Å²) < 4.78 is 13.0. The van der Waals surface area contributed by atoms with Crippen molar-refractivity contribution in [2.75, 3.05) is 18.0 Å². The van der Waals surface area contributed by atoms with E-state index in [0.29, 0.717) is 24.3 Å². The topological polar surface area (TPSA) is 92.3 Å². The van der Waals surface area contributed by atoms with Crippen LogP contribution in [0, 0.1) is 5.82 Å². The minimum atomic E-state index is -1.13. The van der Waals surface area contributed by atoms with Crippen molar-refractivity contribution >= 4 is 23.3 Å². The number of hydrogen-bond acceptors (Lipinski definition) is 5. The SMILES string of the molecule is NC(=O)c1cc(N2CCC(O)(c3ccc(F)cc3)C2)nc(Cl)n1. The number of amides is 1. The standard InChI is InChI=1S/C15H14ClFN4O2/c16-14-19-11(13(18)22)7-12(20-14)21-6-5-15(23,8-21)9-1-3-10(17)4-2-9/h1-4,7,23H,5-6,8H2,(H2,18,22). The molecule has 0 aliphatic carbocycles. The first kappa shape index (κ1) is 15.6. The van der Waals surface area contributed by atoms with Gasteiger partial charge in [0.2, 0.25) is 5.28 Å². The van der Waals surface area contributed by atoms with Crippen LogP contribution in [-0.4, -0.2) is 34.1 Å². The van der Waals surface area contributed by atoms with Gasteiger partial charge in [-0.15, -0.1) is 0 Å². The molecule has 3 N–H and O–H groups in total. The van der Waals surface area contributed by atoms with E-state index >= 15 is 0 Å². The van der Waals surface area contributed by atoms with E-state index in [9.17, 15) is 14.3 Å². The highest BCUT2D eigenvalue weighted by Gasteiger charge is 2.38. The van der Waals surface area contributed by atoms with Gasteiger partial charge in [-0.25, -0.2) is 14.4 Å². The Morgan fingerprint density at radius 3 is 2.70 bits per heavy atom. The van der Waals surface area contributed by atoms with Crippen LogP contribution in [0.5, 0.6) is 0 Å². The number of carbonyl (C=O) groups is 1. The number of anilines is 1. The smallest absolute Gasteiger partial charge is 0.267 e. The van der Waals surface area contributed by atoms with Crippen molar-refractivity contribution in [2.24, 2.45) is 5.73 Å². The second-order valence-corrected chi connectivity index (χ2v) is 5.79. The Morgan fingerprint density at radius 1 is 1.35 bits per heavy atom. The number of halogens is 2. The van der Waals surface area contributed by atoms with Crippen LogP contribution in [-0.2, 0) is 5.60 Å². The molecule has 1 amide bonds. The lowest BCUT2D eigenvalue weighted by Gasteiger charge is -2.24. The first-order chi connectivity index (χ1) is 10.9. The fourth-order valence-electron chi connectivity index (χ4n) is 2.68. The van der Waals surface area contributed by atoms with Crippen LogP contribution in [0.3, 0.4) is 0 Å². The lowest BCUT2D eigenvalue weighted by molar-refractivity contribution is 0.0605. The fraction of sp³-hybridized carbons (Fsp3) is 0.267. The molecule has 1 saturated heterocycles. The quantitative estimate of drug-likeness (QED) is 0.828.